The van der Waals surface area contributed by atoms with Crippen LogP contribution in [0.2, 0.25) is 0 Å². The van der Waals surface area contributed by atoms with Gasteiger partial charge in [0.2, 0.25) is 0 Å². The van der Waals surface area contributed by atoms with Crippen LogP contribution in [-0.4, -0.2) is 22.6 Å². The van der Waals surface area contributed by atoms with Crippen molar-refractivity contribution >= 4 is 22.5 Å². The van der Waals surface area contributed by atoms with Crippen LogP contribution >= 0.6 is 0 Å². The summed E-state index contributed by atoms with van der Waals surface area (Å²) < 4.78 is 6.62. The minimum Gasteiger partial charge on any atom is -0.497 e. The number of para-hydroxylation sites is 1. The quantitative estimate of drug-likeness (QED) is 0.577. The van der Waals surface area contributed by atoms with Crippen LogP contribution < -0.4 is 15.6 Å². The van der Waals surface area contributed by atoms with Gasteiger partial charge >= 0.3 is 0 Å². The lowest BCUT2D eigenvalue weighted by Gasteiger charge is -2.13. The van der Waals surface area contributed by atoms with Crippen LogP contribution in [0.15, 0.2) is 77.9 Å². The monoisotopic (exact) mass is 385 g/mol. The molecule has 1 N–H and O–H groups in total. The molecular formula is C23H19N3O3. The summed E-state index contributed by atoms with van der Waals surface area (Å²) in [5.74, 6) is 0.439. The zero-order valence-corrected chi connectivity index (χ0v) is 16.0. The van der Waals surface area contributed by atoms with Crippen molar-refractivity contribution in [2.45, 2.75) is 6.92 Å². The van der Waals surface area contributed by atoms with E-state index in [-0.39, 0.29) is 11.5 Å². The van der Waals surface area contributed by atoms with E-state index in [1.165, 1.54) is 10.9 Å². The third-order valence-corrected chi connectivity index (χ3v) is 4.74. The molecule has 6 nitrogen and oxygen atoms in total. The van der Waals surface area contributed by atoms with Crippen molar-refractivity contribution in [1.82, 2.24) is 9.55 Å². The van der Waals surface area contributed by atoms with Gasteiger partial charge in [-0.1, -0.05) is 18.2 Å². The first kappa shape index (κ1) is 18.4. The number of hydrogen-bond acceptors (Lipinski definition) is 4. The average Bonchev–Trinajstić information content (AvgIpc) is 2.76. The molecular weight excluding hydrogens is 366 g/mol. The van der Waals surface area contributed by atoms with E-state index < -0.39 is 0 Å². The molecule has 1 heterocycles. The summed E-state index contributed by atoms with van der Waals surface area (Å²) in [7, 11) is 1.58. The molecule has 0 aliphatic rings. The van der Waals surface area contributed by atoms with E-state index in [0.29, 0.717) is 33.6 Å². The molecule has 0 saturated heterocycles. The van der Waals surface area contributed by atoms with Crippen molar-refractivity contribution in [1.29, 1.82) is 0 Å². The van der Waals surface area contributed by atoms with Crippen LogP contribution in [-0.2, 0) is 0 Å². The lowest BCUT2D eigenvalue weighted by Crippen LogP contribution is -2.20. The molecule has 1 aromatic heterocycles. The first-order chi connectivity index (χ1) is 14.1. The second-order valence-corrected chi connectivity index (χ2v) is 6.62. The molecule has 3 aromatic carbocycles. The van der Waals surface area contributed by atoms with E-state index in [1.54, 1.807) is 55.6 Å². The third-order valence-electron chi connectivity index (χ3n) is 4.74. The molecule has 0 saturated carbocycles. The van der Waals surface area contributed by atoms with E-state index in [9.17, 15) is 9.59 Å². The van der Waals surface area contributed by atoms with Gasteiger partial charge in [-0.15, -0.1) is 0 Å². The number of nitrogens with one attached hydrogen (secondary N) is 1. The molecule has 1 amide bonds. The smallest absolute Gasteiger partial charge is 0.265 e. The Morgan fingerprint density at radius 1 is 1.03 bits per heavy atom. The van der Waals surface area contributed by atoms with Gasteiger partial charge in [-0.2, -0.15) is 0 Å². The summed E-state index contributed by atoms with van der Waals surface area (Å²) in [6.07, 6.45) is 1.52. The van der Waals surface area contributed by atoms with Gasteiger partial charge in [-0.25, -0.2) is 4.98 Å². The number of benzene rings is 3. The minimum absolute atomic E-state index is 0.155. The van der Waals surface area contributed by atoms with E-state index in [2.05, 4.69) is 10.3 Å². The Balaban J connectivity index is 1.68. The second-order valence-electron chi connectivity index (χ2n) is 6.62. The van der Waals surface area contributed by atoms with Gasteiger partial charge in [0, 0.05) is 11.3 Å². The third kappa shape index (κ3) is 3.60. The van der Waals surface area contributed by atoms with E-state index in [1.807, 2.05) is 25.1 Å². The van der Waals surface area contributed by atoms with Gasteiger partial charge in [-0.3, -0.25) is 14.2 Å². The number of hydrogen-bond donors (Lipinski definition) is 1. The van der Waals surface area contributed by atoms with Gasteiger partial charge in [0.1, 0.15) is 12.1 Å². The minimum atomic E-state index is -0.244. The summed E-state index contributed by atoms with van der Waals surface area (Å²) in [4.78, 5) is 29.9. The molecule has 0 bridgehead atoms. The number of fused-ring (bicyclic) bond motifs is 1. The SMILES string of the molecule is COc1ccc(C(=O)Nc2ccc(C)c(-n3cnc4ccccc4c3=O)c2)cc1. The number of nitrogens with zero attached hydrogens (tertiary/aromatic N) is 2. The largest absolute Gasteiger partial charge is 0.497 e. The molecule has 0 aliphatic carbocycles. The molecule has 0 radical (unpaired) electrons. The Labute approximate surface area is 167 Å². The molecule has 0 unspecified atom stereocenters. The van der Waals surface area contributed by atoms with E-state index >= 15 is 0 Å². The van der Waals surface area contributed by atoms with Crippen molar-refractivity contribution < 1.29 is 9.53 Å². The molecule has 0 fully saturated rings. The number of carbonyl (C=O) groups excluding carboxylic acids is 1. The predicted octanol–water partition coefficient (Wildman–Crippen LogP) is 3.96. The maximum Gasteiger partial charge on any atom is 0.265 e. The fourth-order valence-corrected chi connectivity index (χ4v) is 3.13. The lowest BCUT2D eigenvalue weighted by atomic mass is 10.1. The highest BCUT2D eigenvalue weighted by molar-refractivity contribution is 6.04. The molecule has 0 aliphatic heterocycles. The first-order valence-corrected chi connectivity index (χ1v) is 9.09. The summed E-state index contributed by atoms with van der Waals surface area (Å²) >= 11 is 0. The van der Waals surface area contributed by atoms with Gasteiger partial charge in [0.15, 0.2) is 0 Å². The fourth-order valence-electron chi connectivity index (χ4n) is 3.13. The number of carbonyl (C=O) groups is 1. The van der Waals surface area contributed by atoms with Crippen molar-refractivity contribution in [3.8, 4) is 11.4 Å². The second kappa shape index (κ2) is 7.59. The molecule has 0 atom stereocenters. The van der Waals surface area contributed by atoms with Crippen LogP contribution in [0.1, 0.15) is 15.9 Å². The lowest BCUT2D eigenvalue weighted by molar-refractivity contribution is 0.102. The zero-order chi connectivity index (χ0) is 20.4. The molecule has 4 rings (SSSR count). The molecule has 6 heteroatoms. The topological polar surface area (TPSA) is 73.2 Å². The average molecular weight is 385 g/mol. The number of rotatable bonds is 4. The van der Waals surface area contributed by atoms with Gasteiger partial charge < -0.3 is 10.1 Å². The molecule has 0 spiro atoms. The van der Waals surface area contributed by atoms with Crippen molar-refractivity contribution in [3.05, 3.63) is 94.5 Å². The standard InChI is InChI=1S/C23H19N3O3/c1-15-7-10-17(25-22(27)16-8-11-18(29-2)12-9-16)13-21(15)26-14-24-20-6-4-3-5-19(20)23(26)28/h3-14H,1-2H3,(H,25,27). The van der Waals surface area contributed by atoms with Crippen LogP contribution in [0.3, 0.4) is 0 Å². The maximum atomic E-state index is 12.9. The molecule has 4 aromatic rings. The Bertz CT molecular complexity index is 1260. The summed E-state index contributed by atoms with van der Waals surface area (Å²) in [6.45, 7) is 1.91. The summed E-state index contributed by atoms with van der Waals surface area (Å²) in [6, 6.07) is 19.5. The van der Waals surface area contributed by atoms with E-state index in [4.69, 9.17) is 4.74 Å². The van der Waals surface area contributed by atoms with Crippen LogP contribution in [0.5, 0.6) is 5.75 Å². The number of aryl methyl sites for hydroxylation is 1. The highest BCUT2D eigenvalue weighted by Crippen LogP contribution is 2.20. The maximum absolute atomic E-state index is 12.9. The Morgan fingerprint density at radius 3 is 2.55 bits per heavy atom. The number of aromatic nitrogens is 2. The van der Waals surface area contributed by atoms with Crippen LogP contribution in [0.25, 0.3) is 16.6 Å². The fraction of sp³-hybridized carbons (Fsp3) is 0.0870. The van der Waals surface area contributed by atoms with Gasteiger partial charge in [-0.05, 0) is 61.0 Å². The zero-order valence-electron chi connectivity index (χ0n) is 16.0. The Hall–Kier alpha value is -3.93. The van der Waals surface area contributed by atoms with Gasteiger partial charge in [0.25, 0.3) is 11.5 Å². The summed E-state index contributed by atoms with van der Waals surface area (Å²) in [5, 5.41) is 3.42. The van der Waals surface area contributed by atoms with Crippen LogP contribution in [0.4, 0.5) is 5.69 Å². The van der Waals surface area contributed by atoms with Crippen molar-refractivity contribution in [2.75, 3.05) is 12.4 Å². The predicted molar refractivity (Wildman–Crippen MR) is 113 cm³/mol. The number of amides is 1. The number of ether oxygens (including phenoxy) is 1. The first-order valence-electron chi connectivity index (χ1n) is 9.09. The molecule has 144 valence electrons. The Morgan fingerprint density at radius 2 is 1.79 bits per heavy atom. The molecule has 29 heavy (non-hydrogen) atoms. The van der Waals surface area contributed by atoms with Crippen molar-refractivity contribution in [3.63, 3.8) is 0 Å². The van der Waals surface area contributed by atoms with E-state index in [0.717, 1.165) is 5.56 Å². The van der Waals surface area contributed by atoms with Gasteiger partial charge in [0.05, 0.1) is 23.7 Å². The highest BCUT2D eigenvalue weighted by Gasteiger charge is 2.11. The normalized spacial score (nSPS) is 10.7. The number of anilines is 1. The van der Waals surface area contributed by atoms with Crippen molar-refractivity contribution in [2.24, 2.45) is 0 Å². The number of methoxy groups -OCH3 is 1. The van der Waals surface area contributed by atoms with Crippen LogP contribution in [0, 0.1) is 6.92 Å². The highest BCUT2D eigenvalue weighted by atomic mass is 16.5. The summed E-state index contributed by atoms with van der Waals surface area (Å²) in [5.41, 5.74) is 3.16. The Kier molecular flexibility index (Phi) is 4.83.